The predicted octanol–water partition coefficient (Wildman–Crippen LogP) is 5.34. The molecule has 2 aromatic rings. The number of hydrogen-bond donors (Lipinski definition) is 0. The Morgan fingerprint density at radius 1 is 0.964 bits per heavy atom. The van der Waals surface area contributed by atoms with Crippen molar-refractivity contribution in [2.24, 2.45) is 0 Å². The van der Waals surface area contributed by atoms with E-state index in [1.165, 1.54) is 5.56 Å². The second kappa shape index (κ2) is 8.61. The highest BCUT2D eigenvalue weighted by Crippen LogP contribution is 2.35. The van der Waals surface area contributed by atoms with Crippen molar-refractivity contribution in [2.75, 3.05) is 4.90 Å². The van der Waals surface area contributed by atoms with E-state index in [-0.39, 0.29) is 16.7 Å². The number of carbonyl (C=O) groups excluding carboxylic acids is 2. The van der Waals surface area contributed by atoms with Gasteiger partial charge in [0.2, 0.25) is 0 Å². The maximum absolute atomic E-state index is 13.0. The van der Waals surface area contributed by atoms with Crippen molar-refractivity contribution in [3.8, 4) is 5.75 Å². The van der Waals surface area contributed by atoms with E-state index < -0.39 is 11.8 Å². The number of halogens is 1. The third-order valence-electron chi connectivity index (χ3n) is 4.56. The Balaban J connectivity index is 1.83. The standard InChI is InChI=1S/C23H24ClNO3/c1-4-5-6-16-7-11-18(12-8-16)25-22(26)20(21(24)23(25)27)17-9-13-19(14-10-17)28-15(2)3/h7-15H,4-6H2,1-3H3. The van der Waals surface area contributed by atoms with Crippen molar-refractivity contribution in [2.45, 2.75) is 46.1 Å². The number of amides is 2. The molecule has 0 saturated carbocycles. The maximum Gasteiger partial charge on any atom is 0.277 e. The zero-order chi connectivity index (χ0) is 20.3. The van der Waals surface area contributed by atoms with Gasteiger partial charge in [-0.25, -0.2) is 4.90 Å². The summed E-state index contributed by atoms with van der Waals surface area (Å²) in [6.07, 6.45) is 3.26. The minimum Gasteiger partial charge on any atom is -0.491 e. The topological polar surface area (TPSA) is 46.6 Å². The van der Waals surface area contributed by atoms with E-state index in [0.717, 1.165) is 24.2 Å². The van der Waals surface area contributed by atoms with Gasteiger partial charge in [-0.05, 0) is 62.1 Å². The van der Waals surface area contributed by atoms with Crippen LogP contribution in [0.25, 0.3) is 5.57 Å². The summed E-state index contributed by atoms with van der Waals surface area (Å²) in [6.45, 7) is 6.03. The highest BCUT2D eigenvalue weighted by atomic mass is 35.5. The number of benzene rings is 2. The maximum atomic E-state index is 13.0. The Bertz CT molecular complexity index is 898. The van der Waals surface area contributed by atoms with Crippen LogP contribution in [0.15, 0.2) is 53.6 Å². The second-order valence-corrected chi connectivity index (χ2v) is 7.47. The fraction of sp³-hybridized carbons (Fsp3) is 0.304. The molecule has 5 heteroatoms. The molecule has 0 aliphatic carbocycles. The van der Waals surface area contributed by atoms with Crippen molar-refractivity contribution in [3.05, 3.63) is 64.7 Å². The normalized spacial score (nSPS) is 14.4. The molecule has 0 N–H and O–H groups in total. The van der Waals surface area contributed by atoms with Crippen LogP contribution >= 0.6 is 11.6 Å². The van der Waals surface area contributed by atoms with Gasteiger partial charge in [0.15, 0.2) is 0 Å². The van der Waals surface area contributed by atoms with Gasteiger partial charge in [-0.1, -0.05) is 49.2 Å². The molecule has 28 heavy (non-hydrogen) atoms. The molecule has 1 aliphatic rings. The number of aryl methyl sites for hydroxylation is 1. The van der Waals surface area contributed by atoms with Crippen molar-refractivity contribution in [1.82, 2.24) is 0 Å². The largest absolute Gasteiger partial charge is 0.491 e. The minimum absolute atomic E-state index is 0.0548. The minimum atomic E-state index is -0.495. The lowest BCUT2D eigenvalue weighted by molar-refractivity contribution is -0.119. The van der Waals surface area contributed by atoms with Crippen LogP contribution in [-0.2, 0) is 16.0 Å². The van der Waals surface area contributed by atoms with Crippen molar-refractivity contribution in [3.63, 3.8) is 0 Å². The van der Waals surface area contributed by atoms with E-state index in [1.807, 2.05) is 26.0 Å². The summed E-state index contributed by atoms with van der Waals surface area (Å²) in [7, 11) is 0. The Morgan fingerprint density at radius 3 is 2.18 bits per heavy atom. The van der Waals surface area contributed by atoms with Crippen LogP contribution in [0.1, 0.15) is 44.7 Å². The second-order valence-electron chi connectivity index (χ2n) is 7.10. The van der Waals surface area contributed by atoms with E-state index in [0.29, 0.717) is 17.0 Å². The predicted molar refractivity (Wildman–Crippen MR) is 113 cm³/mol. The average Bonchev–Trinajstić information content (AvgIpc) is 2.90. The average molecular weight is 398 g/mol. The third-order valence-corrected chi connectivity index (χ3v) is 4.91. The lowest BCUT2D eigenvalue weighted by atomic mass is 10.1. The highest BCUT2D eigenvalue weighted by Gasteiger charge is 2.39. The van der Waals surface area contributed by atoms with Crippen LogP contribution in [-0.4, -0.2) is 17.9 Å². The van der Waals surface area contributed by atoms with Crippen LogP contribution in [0.4, 0.5) is 5.69 Å². The first-order valence-electron chi connectivity index (χ1n) is 9.57. The monoisotopic (exact) mass is 397 g/mol. The Labute approximate surface area is 170 Å². The van der Waals surface area contributed by atoms with Crippen LogP contribution in [0.5, 0.6) is 5.75 Å². The van der Waals surface area contributed by atoms with Gasteiger partial charge < -0.3 is 4.74 Å². The molecule has 0 atom stereocenters. The van der Waals surface area contributed by atoms with Crippen LogP contribution in [0, 0.1) is 0 Å². The van der Waals surface area contributed by atoms with E-state index in [4.69, 9.17) is 16.3 Å². The van der Waals surface area contributed by atoms with Gasteiger partial charge in [0, 0.05) is 0 Å². The first-order valence-corrected chi connectivity index (χ1v) is 9.94. The van der Waals surface area contributed by atoms with Crippen molar-refractivity contribution < 1.29 is 14.3 Å². The molecule has 0 radical (unpaired) electrons. The first-order chi connectivity index (χ1) is 13.4. The molecule has 1 heterocycles. The number of rotatable bonds is 7. The van der Waals surface area contributed by atoms with E-state index in [2.05, 4.69) is 6.92 Å². The lowest BCUT2D eigenvalue weighted by Gasteiger charge is -2.15. The Hall–Kier alpha value is -2.59. The number of anilines is 1. The van der Waals surface area contributed by atoms with Gasteiger partial charge in [-0.15, -0.1) is 0 Å². The van der Waals surface area contributed by atoms with Gasteiger partial charge >= 0.3 is 0 Å². The molecule has 0 bridgehead atoms. The smallest absolute Gasteiger partial charge is 0.277 e. The SMILES string of the molecule is CCCCc1ccc(N2C(=O)C(Cl)=C(c3ccc(OC(C)C)cc3)C2=O)cc1. The molecule has 0 aromatic heterocycles. The molecule has 0 unspecified atom stereocenters. The van der Waals surface area contributed by atoms with E-state index >= 15 is 0 Å². The fourth-order valence-electron chi connectivity index (χ4n) is 3.15. The van der Waals surface area contributed by atoms with Gasteiger partial charge in [0.05, 0.1) is 17.4 Å². The quantitative estimate of drug-likeness (QED) is 0.592. The summed E-state index contributed by atoms with van der Waals surface area (Å²) in [6, 6.07) is 14.5. The van der Waals surface area contributed by atoms with Gasteiger partial charge in [-0.3, -0.25) is 9.59 Å². The number of ether oxygens (including phenoxy) is 1. The number of unbranched alkanes of at least 4 members (excludes halogenated alkanes) is 1. The third kappa shape index (κ3) is 4.12. The van der Waals surface area contributed by atoms with E-state index in [1.54, 1.807) is 36.4 Å². The molecular weight excluding hydrogens is 374 g/mol. The summed E-state index contributed by atoms with van der Waals surface area (Å²) in [5.74, 6) is -0.203. The van der Waals surface area contributed by atoms with Crippen LogP contribution in [0.3, 0.4) is 0 Å². The molecule has 4 nitrogen and oxygen atoms in total. The van der Waals surface area contributed by atoms with Crippen molar-refractivity contribution in [1.29, 1.82) is 0 Å². The molecule has 146 valence electrons. The number of nitrogens with zero attached hydrogens (tertiary/aromatic N) is 1. The van der Waals surface area contributed by atoms with E-state index in [9.17, 15) is 9.59 Å². The molecule has 0 spiro atoms. The Kier molecular flexibility index (Phi) is 6.20. The number of carbonyl (C=O) groups is 2. The Morgan fingerprint density at radius 2 is 1.61 bits per heavy atom. The van der Waals surface area contributed by atoms with Gasteiger partial charge in [-0.2, -0.15) is 0 Å². The van der Waals surface area contributed by atoms with Gasteiger partial charge in [0.1, 0.15) is 10.8 Å². The van der Waals surface area contributed by atoms with Crippen LogP contribution < -0.4 is 9.64 Å². The molecule has 1 aliphatic heterocycles. The first kappa shape index (κ1) is 20.2. The molecular formula is C23H24ClNO3. The summed E-state index contributed by atoms with van der Waals surface area (Å²) >= 11 is 6.26. The zero-order valence-electron chi connectivity index (χ0n) is 16.4. The number of imide groups is 1. The van der Waals surface area contributed by atoms with Crippen molar-refractivity contribution >= 4 is 34.7 Å². The number of hydrogen-bond acceptors (Lipinski definition) is 3. The molecule has 0 fully saturated rings. The molecule has 2 aromatic carbocycles. The van der Waals surface area contributed by atoms with Crippen LogP contribution in [0.2, 0.25) is 0 Å². The van der Waals surface area contributed by atoms with Gasteiger partial charge in [0.25, 0.3) is 11.8 Å². The lowest BCUT2D eigenvalue weighted by Crippen LogP contribution is -2.31. The fourth-order valence-corrected chi connectivity index (χ4v) is 3.43. The molecule has 0 saturated heterocycles. The summed E-state index contributed by atoms with van der Waals surface area (Å²) in [5, 5.41) is -0.0578. The highest BCUT2D eigenvalue weighted by molar-refractivity contribution is 6.60. The summed E-state index contributed by atoms with van der Waals surface area (Å²) in [5.41, 5.74) is 2.53. The summed E-state index contributed by atoms with van der Waals surface area (Å²) < 4.78 is 5.62. The summed E-state index contributed by atoms with van der Waals surface area (Å²) in [4.78, 5) is 26.8. The molecule has 2 amide bonds. The molecule has 3 rings (SSSR count). The zero-order valence-corrected chi connectivity index (χ0v) is 17.1.